The first-order valence-corrected chi connectivity index (χ1v) is 6.73. The van der Waals surface area contributed by atoms with Crippen LogP contribution in [0.3, 0.4) is 0 Å². The lowest BCUT2D eigenvalue weighted by molar-refractivity contribution is -0.0864. The Labute approximate surface area is 92.3 Å². The van der Waals surface area contributed by atoms with Gasteiger partial charge >= 0.3 is 0 Å². The van der Waals surface area contributed by atoms with Gasteiger partial charge in [-0.2, -0.15) is 0 Å². The van der Waals surface area contributed by atoms with Gasteiger partial charge in [-0.25, -0.2) is 0 Å². The smallest absolute Gasteiger partial charge is 0.198 e. The summed E-state index contributed by atoms with van der Waals surface area (Å²) in [5.41, 5.74) is 0. The number of hydrogen-bond donors (Lipinski definition) is 0. The molecule has 2 unspecified atom stereocenters. The lowest BCUT2D eigenvalue weighted by Crippen LogP contribution is -2.29. The Bertz CT molecular complexity index is 221. The Hall–Kier alpha value is -0.0800. The van der Waals surface area contributed by atoms with Crippen LogP contribution in [0, 0.1) is 5.92 Å². The molecule has 3 rings (SSSR count). The highest BCUT2D eigenvalue weighted by Gasteiger charge is 2.62. The number of ether oxygens (including phenoxy) is 2. The van der Waals surface area contributed by atoms with Crippen LogP contribution in [-0.2, 0) is 9.47 Å². The van der Waals surface area contributed by atoms with E-state index in [0.717, 1.165) is 6.61 Å². The summed E-state index contributed by atoms with van der Waals surface area (Å²) in [5.74, 6) is 0.587. The minimum atomic E-state index is -0.110. The molecule has 2 aliphatic heterocycles. The van der Waals surface area contributed by atoms with Gasteiger partial charge in [0.05, 0.1) is 6.61 Å². The Morgan fingerprint density at radius 2 is 1.53 bits per heavy atom. The van der Waals surface area contributed by atoms with Crippen molar-refractivity contribution in [2.75, 3.05) is 6.61 Å². The topological polar surface area (TPSA) is 21.8 Å². The van der Waals surface area contributed by atoms with Gasteiger partial charge in [-0.15, -0.1) is 0 Å². The summed E-state index contributed by atoms with van der Waals surface area (Å²) in [6.07, 6.45) is 12.5. The average Bonchev–Trinajstić information content (AvgIpc) is 2.98. The maximum absolute atomic E-state index is 6.04. The first kappa shape index (κ1) is 10.1. The van der Waals surface area contributed by atoms with Gasteiger partial charge in [0.1, 0.15) is 6.10 Å². The molecule has 15 heavy (non-hydrogen) atoms. The van der Waals surface area contributed by atoms with E-state index in [-0.39, 0.29) is 5.79 Å². The number of rotatable bonds is 1. The van der Waals surface area contributed by atoms with Gasteiger partial charge in [0, 0.05) is 5.92 Å². The Balaban J connectivity index is 1.69. The van der Waals surface area contributed by atoms with Crippen molar-refractivity contribution in [3.05, 3.63) is 0 Å². The molecule has 1 saturated carbocycles. The van der Waals surface area contributed by atoms with Gasteiger partial charge in [-0.3, -0.25) is 0 Å². The van der Waals surface area contributed by atoms with Gasteiger partial charge in [-0.05, 0) is 32.1 Å². The summed E-state index contributed by atoms with van der Waals surface area (Å²) in [4.78, 5) is 0. The van der Waals surface area contributed by atoms with Crippen molar-refractivity contribution in [2.24, 2.45) is 5.92 Å². The van der Waals surface area contributed by atoms with Crippen molar-refractivity contribution in [3.63, 3.8) is 0 Å². The molecule has 0 spiro atoms. The molecule has 2 nitrogen and oxygen atoms in total. The van der Waals surface area contributed by atoms with E-state index in [1.807, 2.05) is 0 Å². The van der Waals surface area contributed by atoms with Crippen LogP contribution in [0.15, 0.2) is 0 Å². The quantitative estimate of drug-likeness (QED) is 0.489. The van der Waals surface area contributed by atoms with Crippen molar-refractivity contribution < 1.29 is 9.47 Å². The molecule has 3 aliphatic rings. The molecule has 2 saturated heterocycles. The molecule has 0 amide bonds. The van der Waals surface area contributed by atoms with Gasteiger partial charge in [-0.1, -0.05) is 25.7 Å². The van der Waals surface area contributed by atoms with Crippen molar-refractivity contribution in [2.45, 2.75) is 69.7 Å². The monoisotopic (exact) mass is 210 g/mol. The normalized spacial score (nSPS) is 42.8. The fraction of sp³-hybridized carbons (Fsp3) is 1.00. The highest BCUT2D eigenvalue weighted by atomic mass is 16.8. The summed E-state index contributed by atoms with van der Waals surface area (Å²) < 4.78 is 12.0. The van der Waals surface area contributed by atoms with Crippen LogP contribution in [-0.4, -0.2) is 18.5 Å². The highest BCUT2D eigenvalue weighted by molar-refractivity contribution is 5.01. The molecule has 2 heterocycles. The fourth-order valence-corrected chi connectivity index (χ4v) is 3.40. The molecule has 0 radical (unpaired) electrons. The molecule has 0 N–H and O–H groups in total. The SMILES string of the molecule is C1CCCC(C23OCCCCC2O3)CC1. The molecule has 0 aromatic rings. The summed E-state index contributed by atoms with van der Waals surface area (Å²) in [5, 5.41) is 0. The van der Waals surface area contributed by atoms with Crippen LogP contribution in [0.2, 0.25) is 0 Å². The van der Waals surface area contributed by atoms with Gasteiger partial charge in [0.15, 0.2) is 5.79 Å². The second kappa shape index (κ2) is 4.06. The molecule has 0 aromatic heterocycles. The van der Waals surface area contributed by atoms with Crippen molar-refractivity contribution in [1.82, 2.24) is 0 Å². The fourth-order valence-electron chi connectivity index (χ4n) is 3.40. The Morgan fingerprint density at radius 1 is 0.800 bits per heavy atom. The molecule has 86 valence electrons. The van der Waals surface area contributed by atoms with E-state index in [4.69, 9.17) is 9.47 Å². The number of fused-ring (bicyclic) bond motifs is 1. The van der Waals surface area contributed by atoms with Crippen molar-refractivity contribution in [1.29, 1.82) is 0 Å². The van der Waals surface area contributed by atoms with Crippen LogP contribution in [0.1, 0.15) is 57.8 Å². The summed E-state index contributed by atoms with van der Waals surface area (Å²) in [7, 11) is 0. The van der Waals surface area contributed by atoms with Crippen molar-refractivity contribution >= 4 is 0 Å². The molecule has 0 bridgehead atoms. The minimum Gasteiger partial charge on any atom is -0.347 e. The first-order chi connectivity index (χ1) is 7.42. The molecule has 1 aliphatic carbocycles. The number of epoxide rings is 1. The minimum absolute atomic E-state index is 0.110. The first-order valence-electron chi connectivity index (χ1n) is 6.73. The van der Waals surface area contributed by atoms with Crippen LogP contribution in [0.5, 0.6) is 0 Å². The molecular formula is C13H22O2. The third kappa shape index (κ3) is 1.83. The standard InChI is InChI=1S/C13H22O2/c1-2-4-8-11(7-3-1)13-12(15-13)9-5-6-10-14-13/h11-12H,1-10H2. The van der Waals surface area contributed by atoms with Gasteiger partial charge < -0.3 is 9.47 Å². The second-order valence-electron chi connectivity index (χ2n) is 5.36. The molecule has 2 atom stereocenters. The Morgan fingerprint density at radius 3 is 2.33 bits per heavy atom. The average molecular weight is 210 g/mol. The second-order valence-corrected chi connectivity index (χ2v) is 5.36. The largest absolute Gasteiger partial charge is 0.347 e. The van der Waals surface area contributed by atoms with E-state index in [2.05, 4.69) is 0 Å². The van der Waals surface area contributed by atoms with Gasteiger partial charge in [0.2, 0.25) is 0 Å². The third-order valence-corrected chi connectivity index (χ3v) is 4.33. The van der Waals surface area contributed by atoms with E-state index in [9.17, 15) is 0 Å². The van der Waals surface area contributed by atoms with Gasteiger partial charge in [0.25, 0.3) is 0 Å². The van der Waals surface area contributed by atoms with Crippen LogP contribution in [0.25, 0.3) is 0 Å². The van der Waals surface area contributed by atoms with Crippen LogP contribution >= 0.6 is 0 Å². The van der Waals surface area contributed by atoms with Crippen LogP contribution in [0.4, 0.5) is 0 Å². The summed E-state index contributed by atoms with van der Waals surface area (Å²) >= 11 is 0. The summed E-state index contributed by atoms with van der Waals surface area (Å²) in [6, 6.07) is 0. The lowest BCUT2D eigenvalue weighted by atomic mass is 9.91. The molecule has 2 heteroatoms. The van der Waals surface area contributed by atoms with Crippen LogP contribution < -0.4 is 0 Å². The van der Waals surface area contributed by atoms with E-state index in [1.54, 1.807) is 0 Å². The maximum atomic E-state index is 6.04. The van der Waals surface area contributed by atoms with E-state index in [0.29, 0.717) is 12.0 Å². The summed E-state index contributed by atoms with van der Waals surface area (Å²) in [6.45, 7) is 0.924. The molecule has 0 aromatic carbocycles. The van der Waals surface area contributed by atoms with E-state index in [1.165, 1.54) is 57.8 Å². The lowest BCUT2D eigenvalue weighted by Gasteiger charge is -2.22. The number of hydrogen-bond acceptors (Lipinski definition) is 2. The maximum Gasteiger partial charge on any atom is 0.198 e. The Kier molecular flexibility index (Phi) is 2.73. The zero-order valence-corrected chi connectivity index (χ0v) is 9.54. The zero-order chi connectivity index (χ0) is 10.1. The molecule has 3 fully saturated rings. The van der Waals surface area contributed by atoms with Crippen molar-refractivity contribution in [3.8, 4) is 0 Å². The predicted octanol–water partition coefficient (Wildman–Crippen LogP) is 3.25. The van der Waals surface area contributed by atoms with E-state index < -0.39 is 0 Å². The van der Waals surface area contributed by atoms with E-state index >= 15 is 0 Å². The zero-order valence-electron chi connectivity index (χ0n) is 9.54. The third-order valence-electron chi connectivity index (χ3n) is 4.33. The molecular weight excluding hydrogens is 188 g/mol. The highest BCUT2D eigenvalue weighted by Crippen LogP contribution is 2.52. The predicted molar refractivity (Wildman–Crippen MR) is 58.6 cm³/mol.